The number of rotatable bonds is 7. The fourth-order valence-electron chi connectivity index (χ4n) is 2.40. The van der Waals surface area contributed by atoms with Crippen LogP contribution < -0.4 is 19.6 Å². The van der Waals surface area contributed by atoms with Gasteiger partial charge in [-0.1, -0.05) is 6.92 Å². The minimum absolute atomic E-state index is 0.172. The van der Waals surface area contributed by atoms with Gasteiger partial charge in [-0.15, -0.1) is 0 Å². The smallest absolute Gasteiger partial charge is 0.271 e. The second-order valence-corrected chi connectivity index (χ2v) is 5.31. The van der Waals surface area contributed by atoms with Crippen LogP contribution in [0.5, 0.6) is 23.0 Å². The molecule has 0 atom stereocenters. The van der Waals surface area contributed by atoms with Gasteiger partial charge in [-0.25, -0.2) is 5.43 Å². The normalized spacial score (nSPS) is 11.0. The van der Waals surface area contributed by atoms with Gasteiger partial charge in [-0.3, -0.25) is 4.79 Å². The summed E-state index contributed by atoms with van der Waals surface area (Å²) in [7, 11) is 4.46. The van der Waals surface area contributed by atoms with Crippen LogP contribution in [-0.2, 0) is 0 Å². The molecule has 2 N–H and O–H groups in total. The topological polar surface area (TPSA) is 89.4 Å². The molecule has 0 aliphatic carbocycles. The minimum atomic E-state index is -0.408. The first-order valence-corrected chi connectivity index (χ1v) is 8.00. The van der Waals surface area contributed by atoms with Gasteiger partial charge in [0, 0.05) is 5.56 Å². The monoisotopic (exact) mass is 358 g/mol. The van der Waals surface area contributed by atoms with E-state index < -0.39 is 5.91 Å². The lowest BCUT2D eigenvalue weighted by Crippen LogP contribution is -2.20. The highest BCUT2D eigenvalue weighted by Crippen LogP contribution is 2.38. The summed E-state index contributed by atoms with van der Waals surface area (Å²) < 4.78 is 15.8. The minimum Gasteiger partial charge on any atom is -0.508 e. The zero-order valence-corrected chi connectivity index (χ0v) is 15.2. The molecule has 0 aromatic heterocycles. The van der Waals surface area contributed by atoms with Crippen molar-refractivity contribution in [3.8, 4) is 23.0 Å². The SMILES string of the molecule is CC/C(=N\NC(=O)c1cc(OC)c(OC)c(OC)c1)c1ccc(O)cc1. The highest BCUT2D eigenvalue weighted by molar-refractivity contribution is 6.02. The lowest BCUT2D eigenvalue weighted by Gasteiger charge is -2.13. The van der Waals surface area contributed by atoms with Gasteiger partial charge in [-0.05, 0) is 48.4 Å². The van der Waals surface area contributed by atoms with Gasteiger partial charge >= 0.3 is 0 Å². The van der Waals surface area contributed by atoms with Crippen LogP contribution in [-0.4, -0.2) is 38.1 Å². The first-order valence-electron chi connectivity index (χ1n) is 8.00. The largest absolute Gasteiger partial charge is 0.508 e. The highest BCUT2D eigenvalue weighted by Gasteiger charge is 2.17. The molecule has 26 heavy (non-hydrogen) atoms. The number of aromatic hydroxyl groups is 1. The van der Waals surface area contributed by atoms with E-state index in [2.05, 4.69) is 10.5 Å². The van der Waals surface area contributed by atoms with Crippen LogP contribution in [0.25, 0.3) is 0 Å². The van der Waals surface area contributed by atoms with E-state index in [1.54, 1.807) is 36.4 Å². The van der Waals surface area contributed by atoms with Crippen LogP contribution in [0, 0.1) is 0 Å². The number of carbonyl (C=O) groups excluding carboxylic acids is 1. The number of hydrogen-bond donors (Lipinski definition) is 2. The van der Waals surface area contributed by atoms with Crippen LogP contribution in [0.1, 0.15) is 29.3 Å². The molecule has 0 aliphatic heterocycles. The molecule has 0 saturated carbocycles. The molecule has 2 aromatic carbocycles. The van der Waals surface area contributed by atoms with E-state index in [-0.39, 0.29) is 5.75 Å². The first-order chi connectivity index (χ1) is 12.5. The number of ether oxygens (including phenoxy) is 3. The number of nitrogens with one attached hydrogen (secondary N) is 1. The lowest BCUT2D eigenvalue weighted by molar-refractivity contribution is 0.0954. The number of hydrogen-bond acceptors (Lipinski definition) is 6. The number of methoxy groups -OCH3 is 3. The molecule has 0 radical (unpaired) electrons. The summed E-state index contributed by atoms with van der Waals surface area (Å²) in [6.45, 7) is 1.93. The van der Waals surface area contributed by atoms with Gasteiger partial charge in [-0.2, -0.15) is 5.10 Å². The zero-order valence-electron chi connectivity index (χ0n) is 15.2. The molecule has 0 unspecified atom stereocenters. The molecule has 0 bridgehead atoms. The van der Waals surface area contributed by atoms with E-state index >= 15 is 0 Å². The van der Waals surface area contributed by atoms with Crippen LogP contribution in [0.3, 0.4) is 0 Å². The van der Waals surface area contributed by atoms with Crippen LogP contribution in [0.2, 0.25) is 0 Å². The van der Waals surface area contributed by atoms with Gasteiger partial charge < -0.3 is 19.3 Å². The van der Waals surface area contributed by atoms with E-state index in [9.17, 15) is 9.90 Å². The Labute approximate surface area is 152 Å². The number of nitrogens with zero attached hydrogens (tertiary/aromatic N) is 1. The number of phenols is 1. The summed E-state index contributed by atoms with van der Waals surface area (Å²) in [5.74, 6) is 0.943. The zero-order chi connectivity index (χ0) is 19.1. The number of carbonyl (C=O) groups is 1. The standard InChI is InChI=1S/C19H22N2O5/c1-5-15(12-6-8-14(22)9-7-12)20-21-19(23)13-10-16(24-2)18(26-4)17(11-13)25-3/h6-11,22H,5H2,1-4H3,(H,21,23)/b20-15+. The molecule has 0 fully saturated rings. The Morgan fingerprint density at radius 1 is 1.00 bits per heavy atom. The van der Waals surface area contributed by atoms with Crippen molar-refractivity contribution < 1.29 is 24.1 Å². The fraction of sp³-hybridized carbons (Fsp3) is 0.263. The third-order valence-corrected chi connectivity index (χ3v) is 3.75. The molecule has 0 spiro atoms. The van der Waals surface area contributed by atoms with Gasteiger partial charge in [0.05, 0.1) is 27.0 Å². The van der Waals surface area contributed by atoms with Crippen LogP contribution >= 0.6 is 0 Å². The van der Waals surface area contributed by atoms with E-state index in [1.807, 2.05) is 6.92 Å². The second kappa shape index (κ2) is 8.75. The Hall–Kier alpha value is -3.22. The Balaban J connectivity index is 2.27. The third-order valence-electron chi connectivity index (χ3n) is 3.75. The lowest BCUT2D eigenvalue weighted by atomic mass is 10.1. The molecular weight excluding hydrogens is 336 g/mol. The Bertz CT molecular complexity index is 775. The maximum absolute atomic E-state index is 12.5. The molecular formula is C19H22N2O5. The van der Waals surface area contributed by atoms with E-state index in [4.69, 9.17) is 14.2 Å². The summed E-state index contributed by atoms with van der Waals surface area (Å²) in [5, 5.41) is 13.6. The Kier molecular flexibility index (Phi) is 6.43. The summed E-state index contributed by atoms with van der Waals surface area (Å²) in [6.07, 6.45) is 0.611. The molecule has 138 valence electrons. The molecule has 0 aliphatic rings. The molecule has 2 rings (SSSR count). The maximum atomic E-state index is 12.5. The van der Waals surface area contributed by atoms with Crippen LogP contribution in [0.15, 0.2) is 41.5 Å². The predicted molar refractivity (Wildman–Crippen MR) is 98.5 cm³/mol. The number of amides is 1. The summed E-state index contributed by atoms with van der Waals surface area (Å²) in [6, 6.07) is 9.73. The number of phenolic OH excluding ortho intramolecular Hbond substituents is 1. The Morgan fingerprint density at radius 2 is 1.58 bits per heavy atom. The van der Waals surface area contributed by atoms with Gasteiger partial charge in [0.15, 0.2) is 11.5 Å². The molecule has 2 aromatic rings. The number of hydrazone groups is 1. The maximum Gasteiger partial charge on any atom is 0.271 e. The molecule has 0 saturated heterocycles. The van der Waals surface area contributed by atoms with Gasteiger partial charge in [0.1, 0.15) is 5.75 Å². The van der Waals surface area contributed by atoms with Crippen molar-refractivity contribution >= 4 is 11.6 Å². The van der Waals surface area contributed by atoms with Gasteiger partial charge in [0.2, 0.25) is 5.75 Å². The highest BCUT2D eigenvalue weighted by atomic mass is 16.5. The van der Waals surface area contributed by atoms with Crippen molar-refractivity contribution in [3.63, 3.8) is 0 Å². The summed E-state index contributed by atoms with van der Waals surface area (Å²) in [4.78, 5) is 12.5. The third kappa shape index (κ3) is 4.24. The Morgan fingerprint density at radius 3 is 2.04 bits per heavy atom. The average Bonchev–Trinajstić information content (AvgIpc) is 2.68. The van der Waals surface area contributed by atoms with Gasteiger partial charge in [0.25, 0.3) is 5.91 Å². The van der Waals surface area contributed by atoms with Crippen molar-refractivity contribution in [2.24, 2.45) is 5.10 Å². The van der Waals surface area contributed by atoms with E-state index in [1.165, 1.54) is 21.3 Å². The quantitative estimate of drug-likeness (QED) is 0.587. The molecule has 1 amide bonds. The first kappa shape index (κ1) is 19.1. The molecule has 7 heteroatoms. The fourth-order valence-corrected chi connectivity index (χ4v) is 2.40. The van der Waals surface area contributed by atoms with Crippen molar-refractivity contribution in [1.82, 2.24) is 5.43 Å². The van der Waals surface area contributed by atoms with Crippen molar-refractivity contribution in [2.45, 2.75) is 13.3 Å². The number of benzene rings is 2. The molecule has 0 heterocycles. The predicted octanol–water partition coefficient (Wildman–Crippen LogP) is 2.96. The average molecular weight is 358 g/mol. The van der Waals surface area contributed by atoms with E-state index in [0.717, 1.165) is 5.56 Å². The second-order valence-electron chi connectivity index (χ2n) is 5.31. The van der Waals surface area contributed by atoms with Crippen molar-refractivity contribution in [3.05, 3.63) is 47.5 Å². The molecule has 7 nitrogen and oxygen atoms in total. The van der Waals surface area contributed by atoms with Crippen molar-refractivity contribution in [2.75, 3.05) is 21.3 Å². The van der Waals surface area contributed by atoms with E-state index in [0.29, 0.717) is 34.9 Å². The summed E-state index contributed by atoms with van der Waals surface area (Å²) in [5.41, 5.74) is 4.36. The van der Waals surface area contributed by atoms with Crippen molar-refractivity contribution in [1.29, 1.82) is 0 Å². The van der Waals surface area contributed by atoms with Crippen LogP contribution in [0.4, 0.5) is 0 Å². The summed E-state index contributed by atoms with van der Waals surface area (Å²) >= 11 is 0.